The van der Waals surface area contributed by atoms with Crippen molar-refractivity contribution in [3.63, 3.8) is 0 Å². The van der Waals surface area contributed by atoms with Gasteiger partial charge in [-0.3, -0.25) is 0 Å². The maximum absolute atomic E-state index is 13.7. The maximum Gasteiger partial charge on any atom is 0.163 e. The summed E-state index contributed by atoms with van der Waals surface area (Å²) in [6, 6.07) is 13.3. The number of hydrogen-bond acceptors (Lipinski definition) is 2. The van der Waals surface area contributed by atoms with E-state index in [1.807, 2.05) is 30.3 Å². The molecule has 0 heterocycles. The van der Waals surface area contributed by atoms with Crippen LogP contribution in [0.5, 0.6) is 5.75 Å². The average molecular weight is 277 g/mol. The van der Waals surface area contributed by atoms with E-state index >= 15 is 0 Å². The van der Waals surface area contributed by atoms with Gasteiger partial charge in [0.15, 0.2) is 11.6 Å². The Bertz CT molecular complexity index is 545. The Hall–Kier alpha value is -1.94. The van der Waals surface area contributed by atoms with Gasteiger partial charge in [-0.05, 0) is 25.2 Å². The molecule has 4 heteroatoms. The summed E-state index contributed by atoms with van der Waals surface area (Å²) in [6.45, 7) is 0.422. The zero-order valence-corrected chi connectivity index (χ0v) is 11.3. The fourth-order valence-corrected chi connectivity index (χ4v) is 2.06. The third-order valence-electron chi connectivity index (χ3n) is 3.12. The van der Waals surface area contributed by atoms with Crippen LogP contribution in [0.25, 0.3) is 0 Å². The molecule has 106 valence electrons. The minimum atomic E-state index is -0.827. The van der Waals surface area contributed by atoms with Crippen LogP contribution in [0.15, 0.2) is 48.5 Å². The SMILES string of the molecule is CNC(CCOc1ccccc1)c1cccc(F)c1F. The summed E-state index contributed by atoms with van der Waals surface area (Å²) in [5.74, 6) is -0.861. The van der Waals surface area contributed by atoms with Crippen LogP contribution < -0.4 is 10.1 Å². The van der Waals surface area contributed by atoms with Crippen LogP contribution >= 0.6 is 0 Å². The smallest absolute Gasteiger partial charge is 0.163 e. The molecule has 2 nitrogen and oxygen atoms in total. The van der Waals surface area contributed by atoms with Crippen LogP contribution in [0, 0.1) is 11.6 Å². The first-order valence-electron chi connectivity index (χ1n) is 6.51. The molecule has 2 aromatic rings. The van der Waals surface area contributed by atoms with Crippen molar-refractivity contribution in [3.05, 3.63) is 65.7 Å². The Balaban J connectivity index is 1.97. The monoisotopic (exact) mass is 277 g/mol. The number of hydrogen-bond donors (Lipinski definition) is 1. The molecule has 1 unspecified atom stereocenters. The van der Waals surface area contributed by atoms with Gasteiger partial charge in [0.2, 0.25) is 0 Å². The van der Waals surface area contributed by atoms with E-state index in [2.05, 4.69) is 5.32 Å². The lowest BCUT2D eigenvalue weighted by atomic mass is 10.0. The zero-order chi connectivity index (χ0) is 14.4. The highest BCUT2D eigenvalue weighted by atomic mass is 19.2. The molecule has 0 amide bonds. The van der Waals surface area contributed by atoms with Gasteiger partial charge in [0, 0.05) is 18.0 Å². The molecule has 2 rings (SSSR count). The fraction of sp³-hybridized carbons (Fsp3) is 0.250. The summed E-state index contributed by atoms with van der Waals surface area (Å²) in [5.41, 5.74) is 0.323. The molecule has 1 N–H and O–H groups in total. The largest absolute Gasteiger partial charge is 0.494 e. The molecule has 20 heavy (non-hydrogen) atoms. The second-order valence-electron chi connectivity index (χ2n) is 4.43. The molecule has 0 aliphatic rings. The Morgan fingerprint density at radius 3 is 2.50 bits per heavy atom. The first-order chi connectivity index (χ1) is 9.72. The standard InChI is InChI=1S/C16H17F2NO/c1-19-15(13-8-5-9-14(17)16(13)18)10-11-20-12-6-3-2-4-7-12/h2-9,15,19H,10-11H2,1H3. The van der Waals surface area contributed by atoms with Gasteiger partial charge >= 0.3 is 0 Å². The van der Waals surface area contributed by atoms with Gasteiger partial charge in [0.1, 0.15) is 5.75 Å². The van der Waals surface area contributed by atoms with Crippen LogP contribution in [0.2, 0.25) is 0 Å². The predicted octanol–water partition coefficient (Wildman–Crippen LogP) is 3.69. The summed E-state index contributed by atoms with van der Waals surface area (Å²) in [6.07, 6.45) is 0.547. The van der Waals surface area contributed by atoms with Gasteiger partial charge in [-0.1, -0.05) is 30.3 Å². The van der Waals surface area contributed by atoms with E-state index in [9.17, 15) is 8.78 Å². The number of benzene rings is 2. The second kappa shape index (κ2) is 7.01. The molecule has 0 aliphatic carbocycles. The molecule has 0 spiro atoms. The molecule has 0 fully saturated rings. The molecule has 0 saturated heterocycles. The van der Waals surface area contributed by atoms with Gasteiger partial charge in [-0.2, -0.15) is 0 Å². The van der Waals surface area contributed by atoms with E-state index in [1.54, 1.807) is 13.1 Å². The Kier molecular flexibility index (Phi) is 5.07. The Morgan fingerprint density at radius 1 is 1.05 bits per heavy atom. The minimum absolute atomic E-state index is 0.283. The van der Waals surface area contributed by atoms with Crippen molar-refractivity contribution in [2.75, 3.05) is 13.7 Å². The van der Waals surface area contributed by atoms with Gasteiger partial charge in [-0.15, -0.1) is 0 Å². The van der Waals surface area contributed by atoms with E-state index in [-0.39, 0.29) is 6.04 Å². The lowest BCUT2D eigenvalue weighted by Crippen LogP contribution is -2.20. The molecule has 0 aliphatic heterocycles. The highest BCUT2D eigenvalue weighted by molar-refractivity contribution is 5.23. The molecule has 0 radical (unpaired) electrons. The topological polar surface area (TPSA) is 21.3 Å². The third kappa shape index (κ3) is 3.54. The van der Waals surface area contributed by atoms with Crippen LogP contribution in [0.1, 0.15) is 18.0 Å². The Labute approximate surface area is 117 Å². The van der Waals surface area contributed by atoms with Crippen LogP contribution in [-0.4, -0.2) is 13.7 Å². The minimum Gasteiger partial charge on any atom is -0.494 e. The third-order valence-corrected chi connectivity index (χ3v) is 3.12. The quantitative estimate of drug-likeness (QED) is 0.869. The number of ether oxygens (including phenoxy) is 1. The fourth-order valence-electron chi connectivity index (χ4n) is 2.06. The van der Waals surface area contributed by atoms with E-state index < -0.39 is 11.6 Å². The van der Waals surface area contributed by atoms with Crippen molar-refractivity contribution in [1.82, 2.24) is 5.32 Å². The van der Waals surface area contributed by atoms with Crippen LogP contribution in [0.3, 0.4) is 0 Å². The van der Waals surface area contributed by atoms with Gasteiger partial charge < -0.3 is 10.1 Å². The van der Waals surface area contributed by atoms with Gasteiger partial charge in [0.25, 0.3) is 0 Å². The predicted molar refractivity (Wildman–Crippen MR) is 74.7 cm³/mol. The lowest BCUT2D eigenvalue weighted by molar-refractivity contribution is 0.287. The van der Waals surface area contributed by atoms with Crippen molar-refractivity contribution in [2.24, 2.45) is 0 Å². The second-order valence-corrected chi connectivity index (χ2v) is 4.43. The number of halogens is 2. The number of nitrogens with one attached hydrogen (secondary N) is 1. The van der Waals surface area contributed by atoms with Gasteiger partial charge in [0.05, 0.1) is 6.61 Å². The normalized spacial score (nSPS) is 12.2. The molecule has 0 aromatic heterocycles. The van der Waals surface area contributed by atoms with Crippen molar-refractivity contribution in [1.29, 1.82) is 0 Å². The van der Waals surface area contributed by atoms with Crippen LogP contribution in [-0.2, 0) is 0 Å². The summed E-state index contributed by atoms with van der Waals surface area (Å²) in [5, 5.41) is 2.99. The lowest BCUT2D eigenvalue weighted by Gasteiger charge is -2.18. The molecule has 0 bridgehead atoms. The van der Waals surface area contributed by atoms with E-state index in [1.165, 1.54) is 6.07 Å². The first-order valence-corrected chi connectivity index (χ1v) is 6.51. The zero-order valence-electron chi connectivity index (χ0n) is 11.3. The summed E-state index contributed by atoms with van der Waals surface area (Å²) >= 11 is 0. The average Bonchev–Trinajstić information content (AvgIpc) is 2.48. The summed E-state index contributed by atoms with van der Waals surface area (Å²) in [4.78, 5) is 0. The van der Waals surface area contributed by atoms with Crippen molar-refractivity contribution >= 4 is 0 Å². The maximum atomic E-state index is 13.7. The van der Waals surface area contributed by atoms with Crippen molar-refractivity contribution in [3.8, 4) is 5.75 Å². The van der Waals surface area contributed by atoms with E-state index in [4.69, 9.17) is 4.74 Å². The van der Waals surface area contributed by atoms with E-state index in [0.717, 1.165) is 11.8 Å². The van der Waals surface area contributed by atoms with E-state index in [0.29, 0.717) is 18.6 Å². The van der Waals surface area contributed by atoms with Crippen molar-refractivity contribution < 1.29 is 13.5 Å². The molecular formula is C16H17F2NO. The summed E-state index contributed by atoms with van der Waals surface area (Å²) in [7, 11) is 1.72. The number of para-hydroxylation sites is 1. The highest BCUT2D eigenvalue weighted by Gasteiger charge is 2.16. The molecule has 2 aromatic carbocycles. The molecule has 1 atom stereocenters. The molecular weight excluding hydrogens is 260 g/mol. The van der Waals surface area contributed by atoms with Gasteiger partial charge in [-0.25, -0.2) is 8.78 Å². The number of rotatable bonds is 6. The first kappa shape index (κ1) is 14.5. The Morgan fingerprint density at radius 2 is 1.80 bits per heavy atom. The highest BCUT2D eigenvalue weighted by Crippen LogP contribution is 2.22. The van der Waals surface area contributed by atoms with Crippen molar-refractivity contribution in [2.45, 2.75) is 12.5 Å². The van der Waals surface area contributed by atoms with Crippen LogP contribution in [0.4, 0.5) is 8.78 Å². The molecule has 0 saturated carbocycles. The summed E-state index contributed by atoms with van der Waals surface area (Å²) < 4.78 is 32.5.